The number of hydrogen-bond acceptors (Lipinski definition) is 3. The second kappa shape index (κ2) is 5.26. The fourth-order valence-electron chi connectivity index (χ4n) is 5.08. The third-order valence-electron chi connectivity index (χ3n) is 5.73. The van der Waals surface area contributed by atoms with Gasteiger partial charge < -0.3 is 16.3 Å². The minimum atomic E-state index is -0.343. The predicted molar refractivity (Wildman–Crippen MR) is 76.2 cm³/mol. The fraction of sp³-hybridized carbons (Fsp3) is 0.867. The van der Waals surface area contributed by atoms with E-state index in [2.05, 4.69) is 10.5 Å². The lowest BCUT2D eigenvalue weighted by Crippen LogP contribution is -2.54. The molecule has 4 fully saturated rings. The van der Waals surface area contributed by atoms with Crippen LogP contribution in [0.2, 0.25) is 0 Å². The van der Waals surface area contributed by atoms with Crippen molar-refractivity contribution >= 4 is 11.7 Å². The number of oxime groups is 1. The molecule has 4 rings (SSSR count). The molecule has 5 nitrogen and oxygen atoms in total. The molecule has 0 saturated heterocycles. The molecule has 4 aliphatic rings. The van der Waals surface area contributed by atoms with Crippen LogP contribution in [0.3, 0.4) is 0 Å². The van der Waals surface area contributed by atoms with Gasteiger partial charge in [0.25, 0.3) is 0 Å². The molecule has 0 radical (unpaired) electrons. The maximum atomic E-state index is 12.6. The van der Waals surface area contributed by atoms with E-state index in [1.165, 1.54) is 32.1 Å². The SMILES string of the molecule is CCC(NC(=O)C1C2CC3CC(C2)CC1C3)C(N)=NO. The summed E-state index contributed by atoms with van der Waals surface area (Å²) < 4.78 is 0. The second-order valence-corrected chi connectivity index (χ2v) is 6.95. The Balaban J connectivity index is 1.68. The summed E-state index contributed by atoms with van der Waals surface area (Å²) in [6, 6.07) is -0.343. The zero-order valence-electron chi connectivity index (χ0n) is 12.1. The minimum absolute atomic E-state index is 0.102. The van der Waals surface area contributed by atoms with E-state index in [1.54, 1.807) is 0 Å². The molecule has 1 amide bonds. The number of nitrogens with one attached hydrogen (secondary N) is 1. The van der Waals surface area contributed by atoms with Gasteiger partial charge in [-0.1, -0.05) is 12.1 Å². The summed E-state index contributed by atoms with van der Waals surface area (Å²) in [5.74, 6) is 3.25. The highest BCUT2D eigenvalue weighted by Crippen LogP contribution is 2.56. The smallest absolute Gasteiger partial charge is 0.224 e. The molecular formula is C15H25N3O2. The van der Waals surface area contributed by atoms with E-state index in [9.17, 15) is 4.79 Å². The van der Waals surface area contributed by atoms with Crippen molar-refractivity contribution in [3.63, 3.8) is 0 Å². The molecule has 0 aromatic heterocycles. The lowest BCUT2D eigenvalue weighted by molar-refractivity contribution is -0.138. The average Bonchev–Trinajstić information content (AvgIpc) is 2.42. The summed E-state index contributed by atoms with van der Waals surface area (Å²) in [5, 5.41) is 14.8. The molecule has 0 aromatic carbocycles. The van der Waals surface area contributed by atoms with Crippen molar-refractivity contribution in [2.45, 2.75) is 51.5 Å². The molecule has 4 bridgehead atoms. The Kier molecular flexibility index (Phi) is 3.61. The molecule has 112 valence electrons. The van der Waals surface area contributed by atoms with Crippen LogP contribution in [-0.2, 0) is 4.79 Å². The monoisotopic (exact) mass is 279 g/mol. The summed E-state index contributed by atoms with van der Waals surface area (Å²) in [7, 11) is 0. The van der Waals surface area contributed by atoms with Crippen molar-refractivity contribution in [1.29, 1.82) is 0 Å². The van der Waals surface area contributed by atoms with E-state index in [1.807, 2.05) is 6.92 Å². The second-order valence-electron chi connectivity index (χ2n) is 6.95. The van der Waals surface area contributed by atoms with Gasteiger partial charge in [0.05, 0.1) is 6.04 Å². The van der Waals surface area contributed by atoms with Crippen LogP contribution >= 0.6 is 0 Å². The van der Waals surface area contributed by atoms with Crippen molar-refractivity contribution in [3.8, 4) is 0 Å². The van der Waals surface area contributed by atoms with Crippen molar-refractivity contribution in [2.24, 2.45) is 40.5 Å². The Morgan fingerprint density at radius 1 is 1.25 bits per heavy atom. The summed E-state index contributed by atoms with van der Waals surface area (Å²) in [6.45, 7) is 1.93. The highest BCUT2D eigenvalue weighted by Gasteiger charge is 2.50. The lowest BCUT2D eigenvalue weighted by atomic mass is 9.51. The van der Waals surface area contributed by atoms with Crippen LogP contribution in [0.5, 0.6) is 0 Å². The van der Waals surface area contributed by atoms with Crippen molar-refractivity contribution < 1.29 is 10.0 Å². The van der Waals surface area contributed by atoms with E-state index in [-0.39, 0.29) is 23.7 Å². The van der Waals surface area contributed by atoms with Gasteiger partial charge in [0.1, 0.15) is 0 Å². The Morgan fingerprint density at radius 2 is 1.80 bits per heavy atom. The van der Waals surface area contributed by atoms with Crippen LogP contribution in [0.25, 0.3) is 0 Å². The van der Waals surface area contributed by atoms with Crippen LogP contribution in [0.4, 0.5) is 0 Å². The van der Waals surface area contributed by atoms with Gasteiger partial charge in [0.15, 0.2) is 5.84 Å². The molecule has 4 saturated carbocycles. The molecule has 0 aliphatic heterocycles. The first-order valence-electron chi connectivity index (χ1n) is 7.90. The van der Waals surface area contributed by atoms with Gasteiger partial charge in [-0.05, 0) is 62.2 Å². The number of nitrogens with two attached hydrogens (primary N) is 1. The highest BCUT2D eigenvalue weighted by molar-refractivity contribution is 5.90. The van der Waals surface area contributed by atoms with Gasteiger partial charge >= 0.3 is 0 Å². The summed E-state index contributed by atoms with van der Waals surface area (Å²) >= 11 is 0. The Morgan fingerprint density at radius 3 is 2.25 bits per heavy atom. The number of hydrogen-bond donors (Lipinski definition) is 3. The number of carbonyl (C=O) groups is 1. The molecule has 20 heavy (non-hydrogen) atoms. The van der Waals surface area contributed by atoms with Crippen molar-refractivity contribution in [2.75, 3.05) is 0 Å². The summed E-state index contributed by atoms with van der Waals surface area (Å²) in [6.07, 6.45) is 6.95. The number of amides is 1. The number of rotatable bonds is 4. The molecule has 1 unspecified atom stereocenters. The predicted octanol–water partition coefficient (Wildman–Crippen LogP) is 1.70. The summed E-state index contributed by atoms with van der Waals surface area (Å²) in [4.78, 5) is 12.6. The Labute approximate surface area is 120 Å². The van der Waals surface area contributed by atoms with E-state index < -0.39 is 0 Å². The zero-order valence-corrected chi connectivity index (χ0v) is 12.1. The van der Waals surface area contributed by atoms with Crippen LogP contribution in [-0.4, -0.2) is 23.0 Å². The third kappa shape index (κ3) is 2.27. The lowest BCUT2D eigenvalue weighted by Gasteiger charge is -2.53. The summed E-state index contributed by atoms with van der Waals surface area (Å²) in [5.41, 5.74) is 5.64. The van der Waals surface area contributed by atoms with E-state index in [4.69, 9.17) is 10.9 Å². The first kappa shape index (κ1) is 13.7. The Hall–Kier alpha value is -1.26. The first-order valence-corrected chi connectivity index (χ1v) is 7.90. The molecule has 0 heterocycles. The average molecular weight is 279 g/mol. The maximum Gasteiger partial charge on any atom is 0.224 e. The van der Waals surface area contributed by atoms with Gasteiger partial charge in [-0.2, -0.15) is 0 Å². The van der Waals surface area contributed by atoms with Crippen LogP contribution in [0.15, 0.2) is 5.16 Å². The quantitative estimate of drug-likeness (QED) is 0.317. The molecule has 4 aliphatic carbocycles. The van der Waals surface area contributed by atoms with Gasteiger partial charge in [-0.15, -0.1) is 0 Å². The first-order chi connectivity index (χ1) is 9.62. The van der Waals surface area contributed by atoms with Crippen molar-refractivity contribution in [1.82, 2.24) is 5.32 Å². The topological polar surface area (TPSA) is 87.7 Å². The molecule has 5 heteroatoms. The van der Waals surface area contributed by atoms with Crippen LogP contribution < -0.4 is 11.1 Å². The van der Waals surface area contributed by atoms with Gasteiger partial charge in [0.2, 0.25) is 5.91 Å². The van der Waals surface area contributed by atoms with E-state index >= 15 is 0 Å². The molecule has 0 aromatic rings. The number of amidine groups is 1. The normalized spacial score (nSPS) is 40.6. The molecular weight excluding hydrogens is 254 g/mol. The largest absolute Gasteiger partial charge is 0.409 e. The fourth-order valence-corrected chi connectivity index (χ4v) is 5.08. The van der Waals surface area contributed by atoms with Crippen LogP contribution in [0, 0.1) is 29.6 Å². The highest BCUT2D eigenvalue weighted by atomic mass is 16.4. The Bertz CT molecular complexity index is 393. The molecule has 1 atom stereocenters. The van der Waals surface area contributed by atoms with E-state index in [0.29, 0.717) is 18.3 Å². The minimum Gasteiger partial charge on any atom is -0.409 e. The standard InChI is InChI=1S/C15H25N3O2/c1-2-12(14(16)18-20)17-15(19)13-10-4-8-3-9(6-10)7-11(13)5-8/h8-13,20H,2-7H2,1H3,(H2,16,18)(H,17,19). The number of nitrogens with zero attached hydrogens (tertiary/aromatic N) is 1. The zero-order chi connectivity index (χ0) is 14.3. The van der Waals surface area contributed by atoms with Gasteiger partial charge in [-0.3, -0.25) is 4.79 Å². The third-order valence-corrected chi connectivity index (χ3v) is 5.73. The molecule has 4 N–H and O–H groups in total. The number of carbonyl (C=O) groups excluding carboxylic acids is 1. The van der Waals surface area contributed by atoms with E-state index in [0.717, 1.165) is 11.8 Å². The van der Waals surface area contributed by atoms with Gasteiger partial charge in [0, 0.05) is 5.92 Å². The van der Waals surface area contributed by atoms with Crippen molar-refractivity contribution in [3.05, 3.63) is 0 Å². The van der Waals surface area contributed by atoms with Gasteiger partial charge in [-0.25, -0.2) is 0 Å². The molecule has 0 spiro atoms. The maximum absolute atomic E-state index is 12.6. The van der Waals surface area contributed by atoms with Crippen LogP contribution in [0.1, 0.15) is 45.4 Å².